The SMILES string of the molecule is CCOCC(C)NC(=O)NCCCC(=O)O. The Morgan fingerprint density at radius 3 is 2.69 bits per heavy atom. The second kappa shape index (κ2) is 8.96. The third kappa shape index (κ3) is 9.26. The summed E-state index contributed by atoms with van der Waals surface area (Å²) in [5.41, 5.74) is 0. The van der Waals surface area contributed by atoms with Gasteiger partial charge in [0.05, 0.1) is 12.6 Å². The van der Waals surface area contributed by atoms with Gasteiger partial charge in [0, 0.05) is 19.6 Å². The van der Waals surface area contributed by atoms with E-state index >= 15 is 0 Å². The van der Waals surface area contributed by atoms with E-state index in [-0.39, 0.29) is 18.5 Å². The number of carbonyl (C=O) groups excluding carboxylic acids is 1. The van der Waals surface area contributed by atoms with E-state index in [4.69, 9.17) is 9.84 Å². The molecule has 0 aliphatic heterocycles. The minimum absolute atomic E-state index is 0.0561. The second-order valence-corrected chi connectivity index (χ2v) is 3.46. The summed E-state index contributed by atoms with van der Waals surface area (Å²) >= 11 is 0. The van der Waals surface area contributed by atoms with E-state index in [1.54, 1.807) is 0 Å². The summed E-state index contributed by atoms with van der Waals surface area (Å²) in [5.74, 6) is -0.855. The quantitative estimate of drug-likeness (QED) is 0.534. The first-order valence-electron chi connectivity index (χ1n) is 5.40. The maximum atomic E-state index is 11.2. The zero-order valence-corrected chi connectivity index (χ0v) is 9.78. The van der Waals surface area contributed by atoms with Crippen molar-refractivity contribution in [1.29, 1.82) is 0 Å². The maximum absolute atomic E-state index is 11.2. The van der Waals surface area contributed by atoms with Crippen molar-refractivity contribution in [3.05, 3.63) is 0 Å². The van der Waals surface area contributed by atoms with Crippen molar-refractivity contribution in [1.82, 2.24) is 10.6 Å². The van der Waals surface area contributed by atoms with Gasteiger partial charge in [0.1, 0.15) is 0 Å². The number of nitrogens with one attached hydrogen (secondary N) is 2. The highest BCUT2D eigenvalue weighted by Gasteiger charge is 2.06. The number of hydrogen-bond donors (Lipinski definition) is 3. The Labute approximate surface area is 95.4 Å². The Balaban J connectivity index is 3.46. The van der Waals surface area contributed by atoms with Gasteiger partial charge in [-0.05, 0) is 20.3 Å². The average Bonchev–Trinajstić information content (AvgIpc) is 2.21. The van der Waals surface area contributed by atoms with Gasteiger partial charge < -0.3 is 20.5 Å². The van der Waals surface area contributed by atoms with Gasteiger partial charge in [-0.15, -0.1) is 0 Å². The van der Waals surface area contributed by atoms with Crippen LogP contribution in [0.25, 0.3) is 0 Å². The Morgan fingerprint density at radius 2 is 2.12 bits per heavy atom. The van der Waals surface area contributed by atoms with Crippen LogP contribution in [0.4, 0.5) is 4.79 Å². The largest absolute Gasteiger partial charge is 0.481 e. The number of rotatable bonds is 8. The molecule has 94 valence electrons. The first kappa shape index (κ1) is 14.7. The van der Waals surface area contributed by atoms with Crippen molar-refractivity contribution >= 4 is 12.0 Å². The molecule has 0 aromatic rings. The molecule has 2 amide bonds. The Hall–Kier alpha value is -1.30. The molecule has 0 saturated heterocycles. The number of carboxylic acids is 1. The van der Waals surface area contributed by atoms with E-state index in [1.165, 1.54) is 0 Å². The van der Waals surface area contributed by atoms with Gasteiger partial charge in [-0.1, -0.05) is 0 Å². The summed E-state index contributed by atoms with van der Waals surface area (Å²) in [6.45, 7) is 5.18. The first-order valence-corrected chi connectivity index (χ1v) is 5.40. The zero-order chi connectivity index (χ0) is 12.4. The molecule has 6 nitrogen and oxygen atoms in total. The van der Waals surface area contributed by atoms with Crippen molar-refractivity contribution in [2.24, 2.45) is 0 Å². The number of urea groups is 1. The lowest BCUT2D eigenvalue weighted by atomic mass is 10.3. The fourth-order valence-corrected chi connectivity index (χ4v) is 1.05. The van der Waals surface area contributed by atoms with E-state index in [0.717, 1.165) is 0 Å². The van der Waals surface area contributed by atoms with Gasteiger partial charge in [0.2, 0.25) is 0 Å². The summed E-state index contributed by atoms with van der Waals surface area (Å²) in [6, 6.07) is -0.350. The first-order chi connectivity index (χ1) is 7.56. The van der Waals surface area contributed by atoms with Gasteiger partial charge in [0.25, 0.3) is 0 Å². The normalized spacial score (nSPS) is 11.9. The van der Waals surface area contributed by atoms with Crippen LogP contribution in [0.1, 0.15) is 26.7 Å². The van der Waals surface area contributed by atoms with Crippen molar-refractivity contribution in [2.45, 2.75) is 32.7 Å². The molecule has 0 radical (unpaired) electrons. The second-order valence-electron chi connectivity index (χ2n) is 3.46. The van der Waals surface area contributed by atoms with Crippen LogP contribution in [-0.2, 0) is 9.53 Å². The summed E-state index contributed by atoms with van der Waals surface area (Å²) < 4.78 is 5.13. The van der Waals surface area contributed by atoms with Crippen LogP contribution in [0, 0.1) is 0 Å². The smallest absolute Gasteiger partial charge is 0.315 e. The summed E-state index contributed by atoms with van der Waals surface area (Å²) in [6.07, 6.45) is 0.497. The van der Waals surface area contributed by atoms with Gasteiger partial charge in [-0.25, -0.2) is 4.79 Å². The molecule has 0 aromatic heterocycles. The number of carbonyl (C=O) groups is 2. The van der Waals surface area contributed by atoms with E-state index in [2.05, 4.69) is 10.6 Å². The van der Waals surface area contributed by atoms with Gasteiger partial charge in [0.15, 0.2) is 0 Å². The van der Waals surface area contributed by atoms with Crippen LogP contribution in [0.3, 0.4) is 0 Å². The lowest BCUT2D eigenvalue weighted by molar-refractivity contribution is -0.137. The molecule has 0 rings (SSSR count). The van der Waals surface area contributed by atoms with E-state index in [9.17, 15) is 9.59 Å². The van der Waals surface area contributed by atoms with Crippen molar-refractivity contribution in [3.8, 4) is 0 Å². The molecular formula is C10H20N2O4. The predicted molar refractivity (Wildman–Crippen MR) is 59.4 cm³/mol. The van der Waals surface area contributed by atoms with Crippen molar-refractivity contribution in [2.75, 3.05) is 19.8 Å². The standard InChI is InChI=1S/C10H20N2O4/c1-3-16-7-8(2)12-10(15)11-6-4-5-9(13)14/h8H,3-7H2,1-2H3,(H,13,14)(H2,11,12,15). The zero-order valence-electron chi connectivity index (χ0n) is 9.78. The van der Waals surface area contributed by atoms with Gasteiger partial charge in [-0.2, -0.15) is 0 Å². The molecule has 3 N–H and O–H groups in total. The van der Waals surface area contributed by atoms with Gasteiger partial charge in [-0.3, -0.25) is 4.79 Å². The number of carboxylic acid groups (broad SMARTS) is 1. The van der Waals surface area contributed by atoms with Crippen LogP contribution in [0.15, 0.2) is 0 Å². The minimum Gasteiger partial charge on any atom is -0.481 e. The summed E-state index contributed by atoms with van der Waals surface area (Å²) in [4.78, 5) is 21.4. The predicted octanol–water partition coefficient (Wildman–Crippen LogP) is 0.575. The molecule has 1 unspecified atom stereocenters. The van der Waals surface area contributed by atoms with Crippen molar-refractivity contribution in [3.63, 3.8) is 0 Å². The molecule has 0 aliphatic carbocycles. The Bertz CT molecular complexity index is 221. The fourth-order valence-electron chi connectivity index (χ4n) is 1.05. The van der Waals surface area contributed by atoms with Crippen molar-refractivity contribution < 1.29 is 19.4 Å². The minimum atomic E-state index is -0.855. The molecule has 0 heterocycles. The van der Waals surface area contributed by atoms with E-state index in [1.807, 2.05) is 13.8 Å². The molecule has 0 aromatic carbocycles. The van der Waals surface area contributed by atoms with Crippen LogP contribution in [0.5, 0.6) is 0 Å². The van der Waals surface area contributed by atoms with E-state index in [0.29, 0.717) is 26.2 Å². The van der Waals surface area contributed by atoms with Crippen LogP contribution >= 0.6 is 0 Å². The lowest BCUT2D eigenvalue weighted by Gasteiger charge is -2.14. The number of aliphatic carboxylic acids is 1. The highest BCUT2D eigenvalue weighted by Crippen LogP contribution is 1.87. The maximum Gasteiger partial charge on any atom is 0.315 e. The molecule has 16 heavy (non-hydrogen) atoms. The summed E-state index contributed by atoms with van der Waals surface area (Å²) in [5, 5.41) is 13.6. The molecule has 0 aliphatic rings. The lowest BCUT2D eigenvalue weighted by Crippen LogP contribution is -2.43. The molecule has 0 bridgehead atoms. The Kier molecular flexibility index (Phi) is 8.24. The Morgan fingerprint density at radius 1 is 1.44 bits per heavy atom. The number of hydrogen-bond acceptors (Lipinski definition) is 3. The molecule has 6 heteroatoms. The molecule has 0 spiro atoms. The van der Waals surface area contributed by atoms with Gasteiger partial charge >= 0.3 is 12.0 Å². The fraction of sp³-hybridized carbons (Fsp3) is 0.800. The molecule has 0 saturated carbocycles. The topological polar surface area (TPSA) is 87.7 Å². The number of ether oxygens (including phenoxy) is 1. The van der Waals surface area contributed by atoms with Crippen LogP contribution in [0.2, 0.25) is 0 Å². The highest BCUT2D eigenvalue weighted by molar-refractivity contribution is 5.74. The van der Waals surface area contributed by atoms with Crippen LogP contribution < -0.4 is 10.6 Å². The third-order valence-electron chi connectivity index (χ3n) is 1.80. The van der Waals surface area contributed by atoms with Crippen LogP contribution in [-0.4, -0.2) is 42.9 Å². The number of amides is 2. The average molecular weight is 232 g/mol. The monoisotopic (exact) mass is 232 g/mol. The third-order valence-corrected chi connectivity index (χ3v) is 1.80. The molecule has 1 atom stereocenters. The van der Waals surface area contributed by atoms with E-state index < -0.39 is 5.97 Å². The summed E-state index contributed by atoms with van der Waals surface area (Å²) in [7, 11) is 0. The highest BCUT2D eigenvalue weighted by atomic mass is 16.5. The molecule has 0 fully saturated rings. The molecular weight excluding hydrogens is 212 g/mol.